The van der Waals surface area contributed by atoms with Crippen LogP contribution in [0.1, 0.15) is 12.5 Å². The molecule has 1 aromatic rings. The van der Waals surface area contributed by atoms with E-state index in [1.165, 1.54) is 19.1 Å². The van der Waals surface area contributed by atoms with Gasteiger partial charge in [-0.3, -0.25) is 10.6 Å². The number of hydrogen-bond acceptors (Lipinski definition) is 4. The molecule has 0 saturated carbocycles. The molecular formula is C10H14N2O3. The average molecular weight is 210 g/mol. The van der Waals surface area contributed by atoms with Gasteiger partial charge in [0, 0.05) is 6.42 Å². The SMILES string of the molecule is CC(Cc1ccc(O)cc1)(NN)C(=O)O. The molecule has 1 aromatic carbocycles. The van der Waals surface area contributed by atoms with Gasteiger partial charge in [0.2, 0.25) is 0 Å². The molecule has 1 unspecified atom stereocenters. The maximum atomic E-state index is 10.9. The molecule has 0 saturated heterocycles. The zero-order valence-corrected chi connectivity index (χ0v) is 8.40. The van der Waals surface area contributed by atoms with Crippen LogP contribution in [0.3, 0.4) is 0 Å². The number of phenols is 1. The molecule has 0 aliphatic carbocycles. The van der Waals surface area contributed by atoms with E-state index in [1.54, 1.807) is 12.1 Å². The third-order valence-electron chi connectivity index (χ3n) is 2.28. The molecule has 5 nitrogen and oxygen atoms in total. The second kappa shape index (κ2) is 4.29. The van der Waals surface area contributed by atoms with Gasteiger partial charge in [-0.25, -0.2) is 5.43 Å². The first kappa shape index (κ1) is 11.5. The topological polar surface area (TPSA) is 95.6 Å². The van der Waals surface area contributed by atoms with Crippen molar-refractivity contribution in [3.63, 3.8) is 0 Å². The lowest BCUT2D eigenvalue weighted by atomic mass is 9.94. The fourth-order valence-corrected chi connectivity index (χ4v) is 1.21. The highest BCUT2D eigenvalue weighted by atomic mass is 16.4. The molecule has 1 atom stereocenters. The zero-order chi connectivity index (χ0) is 11.5. The van der Waals surface area contributed by atoms with Crippen molar-refractivity contribution >= 4 is 5.97 Å². The van der Waals surface area contributed by atoms with Crippen LogP contribution in [0.15, 0.2) is 24.3 Å². The highest BCUT2D eigenvalue weighted by Gasteiger charge is 2.31. The van der Waals surface area contributed by atoms with Crippen molar-refractivity contribution in [1.82, 2.24) is 5.43 Å². The van der Waals surface area contributed by atoms with E-state index in [4.69, 9.17) is 16.1 Å². The number of carboxylic acids is 1. The third kappa shape index (κ3) is 2.68. The molecule has 0 radical (unpaired) electrons. The molecule has 0 fully saturated rings. The molecule has 5 N–H and O–H groups in total. The fourth-order valence-electron chi connectivity index (χ4n) is 1.21. The van der Waals surface area contributed by atoms with Gasteiger partial charge < -0.3 is 10.2 Å². The van der Waals surface area contributed by atoms with Crippen LogP contribution in [0.25, 0.3) is 0 Å². The first-order valence-corrected chi connectivity index (χ1v) is 4.47. The van der Waals surface area contributed by atoms with Gasteiger partial charge in [0.1, 0.15) is 11.3 Å². The molecule has 0 amide bonds. The molecule has 0 aromatic heterocycles. The Kier molecular flexibility index (Phi) is 3.28. The van der Waals surface area contributed by atoms with Crippen molar-refractivity contribution in [3.8, 4) is 5.75 Å². The quantitative estimate of drug-likeness (QED) is 0.422. The fraction of sp³-hybridized carbons (Fsp3) is 0.300. The van der Waals surface area contributed by atoms with Crippen LogP contribution in [0.4, 0.5) is 0 Å². The highest BCUT2D eigenvalue weighted by molar-refractivity contribution is 5.78. The van der Waals surface area contributed by atoms with E-state index in [2.05, 4.69) is 5.43 Å². The number of hydrazine groups is 1. The molecular weight excluding hydrogens is 196 g/mol. The predicted octanol–water partition coefficient (Wildman–Crippen LogP) is 0.241. The minimum absolute atomic E-state index is 0.150. The second-order valence-electron chi connectivity index (χ2n) is 3.62. The zero-order valence-electron chi connectivity index (χ0n) is 8.40. The summed E-state index contributed by atoms with van der Waals surface area (Å²) >= 11 is 0. The minimum Gasteiger partial charge on any atom is -0.508 e. The van der Waals surface area contributed by atoms with Gasteiger partial charge in [-0.2, -0.15) is 0 Å². The van der Waals surface area contributed by atoms with Gasteiger partial charge in [0.15, 0.2) is 0 Å². The Morgan fingerprint density at radius 1 is 1.47 bits per heavy atom. The summed E-state index contributed by atoms with van der Waals surface area (Å²) < 4.78 is 0. The van der Waals surface area contributed by atoms with E-state index in [-0.39, 0.29) is 12.2 Å². The molecule has 5 heteroatoms. The minimum atomic E-state index is -1.20. The second-order valence-corrected chi connectivity index (χ2v) is 3.62. The average Bonchev–Trinajstić information content (AvgIpc) is 2.21. The largest absolute Gasteiger partial charge is 0.508 e. The number of aliphatic carboxylic acids is 1. The summed E-state index contributed by atoms with van der Waals surface area (Å²) in [6.07, 6.45) is 0.249. The van der Waals surface area contributed by atoms with Gasteiger partial charge in [0.25, 0.3) is 0 Å². The first-order chi connectivity index (χ1) is 6.98. The molecule has 1 rings (SSSR count). The number of carbonyl (C=O) groups is 1. The summed E-state index contributed by atoms with van der Waals surface area (Å²) in [4.78, 5) is 10.9. The maximum Gasteiger partial charge on any atom is 0.325 e. The lowest BCUT2D eigenvalue weighted by Gasteiger charge is -2.23. The summed E-state index contributed by atoms with van der Waals surface area (Å²) in [5.41, 5.74) is 1.87. The molecule has 82 valence electrons. The van der Waals surface area contributed by atoms with Crippen molar-refractivity contribution in [2.24, 2.45) is 5.84 Å². The molecule has 0 bridgehead atoms. The third-order valence-corrected chi connectivity index (χ3v) is 2.28. The lowest BCUT2D eigenvalue weighted by molar-refractivity contribution is -0.144. The van der Waals surface area contributed by atoms with Crippen molar-refractivity contribution < 1.29 is 15.0 Å². The van der Waals surface area contributed by atoms with Crippen molar-refractivity contribution in [2.45, 2.75) is 18.9 Å². The van der Waals surface area contributed by atoms with Crippen LogP contribution in [0.2, 0.25) is 0 Å². The van der Waals surface area contributed by atoms with Gasteiger partial charge in [-0.15, -0.1) is 0 Å². The maximum absolute atomic E-state index is 10.9. The monoisotopic (exact) mass is 210 g/mol. The van der Waals surface area contributed by atoms with Gasteiger partial charge in [-0.1, -0.05) is 12.1 Å². The Hall–Kier alpha value is -1.59. The van der Waals surface area contributed by atoms with E-state index in [9.17, 15) is 4.79 Å². The number of phenolic OH excluding ortho intramolecular Hbond substituents is 1. The van der Waals surface area contributed by atoms with Crippen molar-refractivity contribution in [3.05, 3.63) is 29.8 Å². The van der Waals surface area contributed by atoms with E-state index in [1.807, 2.05) is 0 Å². The predicted molar refractivity (Wildman–Crippen MR) is 55.2 cm³/mol. The van der Waals surface area contributed by atoms with Gasteiger partial charge in [0.05, 0.1) is 0 Å². The molecule has 0 aliphatic heterocycles. The van der Waals surface area contributed by atoms with Gasteiger partial charge in [-0.05, 0) is 24.6 Å². The smallest absolute Gasteiger partial charge is 0.325 e. The van der Waals surface area contributed by atoms with E-state index < -0.39 is 11.5 Å². The number of aromatic hydroxyl groups is 1. The number of benzene rings is 1. The standard InChI is InChI=1S/C10H14N2O3/c1-10(12-11,9(14)15)6-7-2-4-8(13)5-3-7/h2-5,12-13H,6,11H2,1H3,(H,14,15). The first-order valence-electron chi connectivity index (χ1n) is 4.47. The molecule has 0 aliphatic rings. The number of carboxylic acid groups (broad SMARTS) is 1. The summed E-state index contributed by atoms with van der Waals surface area (Å²) in [6.45, 7) is 1.50. The Balaban J connectivity index is 2.84. The lowest BCUT2D eigenvalue weighted by Crippen LogP contribution is -2.54. The summed E-state index contributed by atoms with van der Waals surface area (Å²) in [5, 5.41) is 18.0. The number of nitrogens with two attached hydrogens (primary N) is 1. The Bertz CT molecular complexity index is 350. The van der Waals surface area contributed by atoms with Crippen LogP contribution in [-0.2, 0) is 11.2 Å². The molecule has 0 spiro atoms. The Labute approximate surface area is 87.5 Å². The molecule has 0 heterocycles. The Morgan fingerprint density at radius 3 is 2.40 bits per heavy atom. The summed E-state index contributed by atoms with van der Waals surface area (Å²) in [7, 11) is 0. The van der Waals surface area contributed by atoms with Crippen LogP contribution in [0.5, 0.6) is 5.75 Å². The molecule has 15 heavy (non-hydrogen) atoms. The van der Waals surface area contributed by atoms with E-state index in [0.717, 1.165) is 5.56 Å². The number of nitrogens with one attached hydrogen (secondary N) is 1. The number of rotatable bonds is 4. The van der Waals surface area contributed by atoms with Crippen LogP contribution in [0, 0.1) is 0 Å². The van der Waals surface area contributed by atoms with Crippen LogP contribution >= 0.6 is 0 Å². The van der Waals surface area contributed by atoms with Gasteiger partial charge >= 0.3 is 5.97 Å². The Morgan fingerprint density at radius 2 is 2.00 bits per heavy atom. The summed E-state index contributed by atoms with van der Waals surface area (Å²) in [5.74, 6) is 4.34. The van der Waals surface area contributed by atoms with E-state index in [0.29, 0.717) is 0 Å². The van der Waals surface area contributed by atoms with Crippen LogP contribution in [-0.4, -0.2) is 21.7 Å². The van der Waals surface area contributed by atoms with Crippen LogP contribution < -0.4 is 11.3 Å². The highest BCUT2D eigenvalue weighted by Crippen LogP contribution is 2.16. The summed E-state index contributed by atoms with van der Waals surface area (Å²) in [6, 6.07) is 6.34. The normalized spacial score (nSPS) is 14.5. The van der Waals surface area contributed by atoms with E-state index >= 15 is 0 Å². The van der Waals surface area contributed by atoms with Crippen molar-refractivity contribution in [1.29, 1.82) is 0 Å². The van der Waals surface area contributed by atoms with Crippen molar-refractivity contribution in [2.75, 3.05) is 0 Å². The number of hydrogen-bond donors (Lipinski definition) is 4.